The van der Waals surface area contributed by atoms with E-state index in [1.165, 1.54) is 15.6 Å². The van der Waals surface area contributed by atoms with Gasteiger partial charge in [0, 0.05) is 16.8 Å². The van der Waals surface area contributed by atoms with Crippen molar-refractivity contribution in [3.8, 4) is 0 Å². The molecule has 108 valence electrons. The van der Waals surface area contributed by atoms with Crippen molar-refractivity contribution in [3.63, 3.8) is 0 Å². The summed E-state index contributed by atoms with van der Waals surface area (Å²) in [4.78, 5) is 1.60. The second-order valence-electron chi connectivity index (χ2n) is 4.60. The lowest BCUT2D eigenvalue weighted by Crippen LogP contribution is -2.26. The molecule has 0 unspecified atom stereocenters. The van der Waals surface area contributed by atoms with E-state index < -0.39 is 10.0 Å². The summed E-state index contributed by atoms with van der Waals surface area (Å²) in [6.07, 6.45) is 0. The van der Waals surface area contributed by atoms with Crippen molar-refractivity contribution in [1.29, 1.82) is 0 Å². The Balaban J connectivity index is 2.46. The Kier molecular flexibility index (Phi) is 4.17. The van der Waals surface area contributed by atoms with Gasteiger partial charge in [0.1, 0.15) is 4.90 Å². The molecule has 20 heavy (non-hydrogen) atoms. The minimum Gasteiger partial charge on any atom is -0.391 e. The van der Waals surface area contributed by atoms with Crippen molar-refractivity contribution in [2.24, 2.45) is 0 Å². The Morgan fingerprint density at radius 2 is 1.95 bits per heavy atom. The second kappa shape index (κ2) is 5.55. The molecule has 1 heterocycles. The van der Waals surface area contributed by atoms with Crippen molar-refractivity contribution < 1.29 is 13.5 Å². The summed E-state index contributed by atoms with van der Waals surface area (Å²) >= 11 is 1.30. The molecule has 0 saturated heterocycles. The standard InChI is InChI=1S/C14H17NO3S2/c1-10-5-4-6-12(7-10)15(3)20(17,18)14-8-13(9-16)19-11(14)2/h4-8,16H,9H2,1-3H3. The van der Waals surface area contributed by atoms with Crippen LogP contribution in [0.1, 0.15) is 15.3 Å². The summed E-state index contributed by atoms with van der Waals surface area (Å²) in [6, 6.07) is 8.88. The van der Waals surface area contributed by atoms with Gasteiger partial charge >= 0.3 is 0 Å². The number of aliphatic hydroxyl groups is 1. The van der Waals surface area contributed by atoms with Gasteiger partial charge in [-0.3, -0.25) is 4.31 Å². The molecule has 0 aliphatic rings. The predicted octanol–water partition coefficient (Wildman–Crippen LogP) is 2.68. The summed E-state index contributed by atoms with van der Waals surface area (Å²) in [5.41, 5.74) is 1.63. The molecule has 1 aromatic carbocycles. The van der Waals surface area contributed by atoms with Gasteiger partial charge in [-0.05, 0) is 37.6 Å². The SMILES string of the molecule is Cc1cccc(N(C)S(=O)(=O)c2cc(CO)sc2C)c1. The van der Waals surface area contributed by atoms with E-state index in [1.54, 1.807) is 26.1 Å². The van der Waals surface area contributed by atoms with Crippen LogP contribution in [0.3, 0.4) is 0 Å². The highest BCUT2D eigenvalue weighted by Crippen LogP contribution is 2.30. The fourth-order valence-electron chi connectivity index (χ4n) is 1.97. The van der Waals surface area contributed by atoms with Crippen molar-refractivity contribution in [2.45, 2.75) is 25.3 Å². The predicted molar refractivity (Wildman–Crippen MR) is 81.7 cm³/mol. The van der Waals surface area contributed by atoms with Crippen molar-refractivity contribution in [3.05, 3.63) is 45.6 Å². The molecule has 0 bridgehead atoms. The van der Waals surface area contributed by atoms with Gasteiger partial charge < -0.3 is 5.11 Å². The number of hydrogen-bond donors (Lipinski definition) is 1. The molecule has 0 aliphatic heterocycles. The largest absolute Gasteiger partial charge is 0.391 e. The lowest BCUT2D eigenvalue weighted by molar-refractivity contribution is 0.285. The normalized spacial score (nSPS) is 11.6. The van der Waals surface area contributed by atoms with E-state index in [1.807, 2.05) is 25.1 Å². The van der Waals surface area contributed by atoms with E-state index in [9.17, 15) is 8.42 Å². The number of aliphatic hydroxyl groups excluding tert-OH is 1. The molecule has 4 nitrogen and oxygen atoms in total. The third-order valence-corrected chi connectivity index (χ3v) is 6.16. The van der Waals surface area contributed by atoms with Gasteiger partial charge in [-0.15, -0.1) is 11.3 Å². The smallest absolute Gasteiger partial charge is 0.265 e. The van der Waals surface area contributed by atoms with E-state index in [0.29, 0.717) is 15.4 Å². The Hall–Kier alpha value is -1.37. The maximum atomic E-state index is 12.6. The van der Waals surface area contributed by atoms with Crippen LogP contribution >= 0.6 is 11.3 Å². The maximum Gasteiger partial charge on any atom is 0.265 e. The first kappa shape index (κ1) is 15.0. The first-order chi connectivity index (χ1) is 9.36. The number of benzene rings is 1. The molecule has 2 rings (SSSR count). The van der Waals surface area contributed by atoms with E-state index in [-0.39, 0.29) is 11.5 Å². The summed E-state index contributed by atoms with van der Waals surface area (Å²) < 4.78 is 26.6. The van der Waals surface area contributed by atoms with Crippen molar-refractivity contribution >= 4 is 27.0 Å². The van der Waals surface area contributed by atoms with Crippen LogP contribution in [0, 0.1) is 13.8 Å². The highest BCUT2D eigenvalue weighted by Gasteiger charge is 2.25. The molecule has 0 atom stereocenters. The number of aryl methyl sites for hydroxylation is 2. The van der Waals surface area contributed by atoms with Crippen molar-refractivity contribution in [2.75, 3.05) is 11.4 Å². The molecule has 0 spiro atoms. The summed E-state index contributed by atoms with van der Waals surface area (Å²) in [5, 5.41) is 9.14. The molecular weight excluding hydrogens is 294 g/mol. The number of anilines is 1. The minimum absolute atomic E-state index is 0.144. The quantitative estimate of drug-likeness (QED) is 0.944. The lowest BCUT2D eigenvalue weighted by Gasteiger charge is -2.19. The van der Waals surface area contributed by atoms with E-state index in [4.69, 9.17) is 5.11 Å². The van der Waals surface area contributed by atoms with Gasteiger partial charge in [0.25, 0.3) is 10.0 Å². The highest BCUT2D eigenvalue weighted by molar-refractivity contribution is 7.93. The zero-order chi connectivity index (χ0) is 14.9. The topological polar surface area (TPSA) is 57.6 Å². The van der Waals surface area contributed by atoms with Crippen LogP contribution < -0.4 is 4.31 Å². The van der Waals surface area contributed by atoms with Crippen LogP contribution in [0.2, 0.25) is 0 Å². The Morgan fingerprint density at radius 1 is 1.25 bits per heavy atom. The van der Waals surface area contributed by atoms with Gasteiger partial charge in [-0.1, -0.05) is 12.1 Å². The maximum absolute atomic E-state index is 12.6. The molecular formula is C14H17NO3S2. The fraction of sp³-hybridized carbons (Fsp3) is 0.286. The molecule has 0 amide bonds. The average Bonchev–Trinajstić information content (AvgIpc) is 2.80. The molecule has 2 aromatic rings. The van der Waals surface area contributed by atoms with E-state index in [0.717, 1.165) is 5.56 Å². The molecule has 1 aromatic heterocycles. The van der Waals surface area contributed by atoms with Crippen LogP contribution in [0.5, 0.6) is 0 Å². The van der Waals surface area contributed by atoms with Gasteiger partial charge in [0.15, 0.2) is 0 Å². The monoisotopic (exact) mass is 311 g/mol. The lowest BCUT2D eigenvalue weighted by atomic mass is 10.2. The third-order valence-electron chi connectivity index (χ3n) is 3.08. The van der Waals surface area contributed by atoms with Crippen LogP contribution in [0.4, 0.5) is 5.69 Å². The van der Waals surface area contributed by atoms with Crippen LogP contribution in [-0.2, 0) is 16.6 Å². The second-order valence-corrected chi connectivity index (χ2v) is 7.88. The minimum atomic E-state index is -3.60. The summed E-state index contributed by atoms with van der Waals surface area (Å²) in [7, 11) is -2.05. The number of hydrogen-bond acceptors (Lipinski definition) is 4. The number of sulfonamides is 1. The number of nitrogens with zero attached hydrogens (tertiary/aromatic N) is 1. The Labute approximate surface area is 123 Å². The summed E-state index contributed by atoms with van der Waals surface area (Å²) in [5.74, 6) is 0. The molecule has 0 saturated carbocycles. The number of rotatable bonds is 4. The summed E-state index contributed by atoms with van der Waals surface area (Å²) in [6.45, 7) is 3.53. The third kappa shape index (κ3) is 2.72. The van der Waals surface area contributed by atoms with Gasteiger partial charge in [0.05, 0.1) is 12.3 Å². The van der Waals surface area contributed by atoms with E-state index >= 15 is 0 Å². The first-order valence-electron chi connectivity index (χ1n) is 6.12. The zero-order valence-electron chi connectivity index (χ0n) is 11.6. The van der Waals surface area contributed by atoms with Crippen LogP contribution in [0.25, 0.3) is 0 Å². The van der Waals surface area contributed by atoms with E-state index in [2.05, 4.69) is 0 Å². The van der Waals surface area contributed by atoms with Gasteiger partial charge in [-0.2, -0.15) is 0 Å². The number of thiophene rings is 1. The highest BCUT2D eigenvalue weighted by atomic mass is 32.2. The molecule has 0 radical (unpaired) electrons. The molecule has 0 aliphatic carbocycles. The Morgan fingerprint density at radius 3 is 2.50 bits per heavy atom. The molecule has 1 N–H and O–H groups in total. The van der Waals surface area contributed by atoms with Crippen LogP contribution in [0.15, 0.2) is 35.2 Å². The average molecular weight is 311 g/mol. The molecule has 0 fully saturated rings. The van der Waals surface area contributed by atoms with Crippen molar-refractivity contribution in [1.82, 2.24) is 0 Å². The zero-order valence-corrected chi connectivity index (χ0v) is 13.3. The first-order valence-corrected chi connectivity index (χ1v) is 8.37. The Bertz CT molecular complexity index is 720. The fourth-order valence-corrected chi connectivity index (χ4v) is 4.62. The van der Waals surface area contributed by atoms with Gasteiger partial charge in [0.2, 0.25) is 0 Å². The molecule has 6 heteroatoms. The van der Waals surface area contributed by atoms with Gasteiger partial charge in [-0.25, -0.2) is 8.42 Å². The van der Waals surface area contributed by atoms with Crippen LogP contribution in [-0.4, -0.2) is 20.6 Å².